The Labute approximate surface area is 199 Å². The zero-order valence-electron chi connectivity index (χ0n) is 19.7. The maximum Gasteiger partial charge on any atom is 0.337 e. The Morgan fingerprint density at radius 2 is 1.24 bits per heavy atom. The van der Waals surface area contributed by atoms with Crippen LogP contribution in [-0.2, 0) is 33.2 Å². The van der Waals surface area contributed by atoms with Gasteiger partial charge in [-0.25, -0.2) is 4.79 Å². The number of carbonyl (C=O) groups is 1. The van der Waals surface area contributed by atoms with E-state index in [9.17, 15) is 4.79 Å². The van der Waals surface area contributed by atoms with Crippen LogP contribution in [0.5, 0.6) is 5.75 Å². The van der Waals surface area contributed by atoms with Gasteiger partial charge in [-0.15, -0.1) is 0 Å². The third-order valence-corrected chi connectivity index (χ3v) is 4.01. The molecule has 0 fully saturated rings. The van der Waals surface area contributed by atoms with Crippen LogP contribution in [0.3, 0.4) is 0 Å². The lowest BCUT2D eigenvalue weighted by Gasteiger charge is -2.09. The van der Waals surface area contributed by atoms with E-state index in [1.54, 1.807) is 24.3 Å². The number of hydrogen-bond donors (Lipinski definition) is 0. The molecule has 0 aliphatic rings. The van der Waals surface area contributed by atoms with Crippen LogP contribution in [0, 0.1) is 0 Å². The quantitative estimate of drug-likeness (QED) is 0.0750. The van der Waals surface area contributed by atoms with Gasteiger partial charge in [0, 0.05) is 11.5 Å². The van der Waals surface area contributed by atoms with Crippen molar-refractivity contribution in [2.24, 2.45) is 5.11 Å². The predicted octanol–water partition coefficient (Wildman–Crippen LogP) is 2.26. The molecule has 12 heteroatoms. The molecule has 0 amide bonds. The number of nitrogens with zero attached hydrogens (tertiary/aromatic N) is 3. The molecule has 0 N–H and O–H groups in total. The van der Waals surface area contributed by atoms with Crippen LogP contribution in [0.1, 0.15) is 10.4 Å². The van der Waals surface area contributed by atoms with Gasteiger partial charge in [-0.2, -0.15) is 0 Å². The van der Waals surface area contributed by atoms with Gasteiger partial charge in [0.2, 0.25) is 0 Å². The summed E-state index contributed by atoms with van der Waals surface area (Å²) in [5, 5.41) is 3.36. The number of hydrogen-bond acceptors (Lipinski definition) is 10. The molecule has 0 aromatic heterocycles. The summed E-state index contributed by atoms with van der Waals surface area (Å²) in [5.74, 6) is 0.182. The highest BCUT2D eigenvalue weighted by atomic mass is 16.6. The zero-order chi connectivity index (χ0) is 24.5. The first kappa shape index (κ1) is 29.6. The van der Waals surface area contributed by atoms with E-state index < -0.39 is 5.97 Å². The van der Waals surface area contributed by atoms with Crippen LogP contribution in [0.2, 0.25) is 0 Å². The van der Waals surface area contributed by atoms with Crippen molar-refractivity contribution in [3.8, 4) is 5.75 Å². The summed E-state index contributed by atoms with van der Waals surface area (Å²) < 4.78 is 42.4. The summed E-state index contributed by atoms with van der Waals surface area (Å²) in [7, 11) is 1.34. The summed E-state index contributed by atoms with van der Waals surface area (Å²) in [6.07, 6.45) is 0. The first-order valence-electron chi connectivity index (χ1n) is 11.1. The largest absolute Gasteiger partial charge is 0.491 e. The Bertz CT molecular complexity index is 687. The van der Waals surface area contributed by atoms with Crippen LogP contribution in [0.4, 0.5) is 0 Å². The van der Waals surface area contributed by atoms with Gasteiger partial charge < -0.3 is 37.9 Å². The molecule has 12 nitrogen and oxygen atoms in total. The fourth-order valence-electron chi connectivity index (χ4n) is 2.40. The Morgan fingerprint density at radius 3 is 1.71 bits per heavy atom. The van der Waals surface area contributed by atoms with Crippen molar-refractivity contribution in [3.05, 3.63) is 40.3 Å². The number of benzene rings is 1. The van der Waals surface area contributed by atoms with E-state index in [2.05, 4.69) is 14.8 Å². The highest BCUT2D eigenvalue weighted by Gasteiger charge is 2.05. The molecular formula is C22H35N3O9. The summed E-state index contributed by atoms with van der Waals surface area (Å²) in [6.45, 7) is 6.21. The molecule has 0 atom stereocenters. The maximum absolute atomic E-state index is 11.5. The molecule has 0 aliphatic heterocycles. The van der Waals surface area contributed by atoms with Crippen molar-refractivity contribution in [3.63, 3.8) is 0 Å². The molecule has 0 spiro atoms. The SMILES string of the molecule is COC(=O)c1cccc(OCCOCCOCCOCCOCCOCCOCCN=[N+]=[N-])c1. The van der Waals surface area contributed by atoms with E-state index in [-0.39, 0.29) is 0 Å². The number of azide groups is 1. The van der Waals surface area contributed by atoms with Crippen LogP contribution in [-0.4, -0.2) is 106 Å². The first-order valence-corrected chi connectivity index (χ1v) is 11.1. The molecule has 0 aliphatic carbocycles. The van der Waals surface area contributed by atoms with Gasteiger partial charge in [0.1, 0.15) is 12.4 Å². The molecule has 0 bridgehead atoms. The second kappa shape index (κ2) is 22.4. The lowest BCUT2D eigenvalue weighted by Crippen LogP contribution is -2.15. The predicted molar refractivity (Wildman–Crippen MR) is 122 cm³/mol. The van der Waals surface area contributed by atoms with Crippen LogP contribution in [0.25, 0.3) is 10.4 Å². The second-order valence-electron chi connectivity index (χ2n) is 6.50. The minimum absolute atomic E-state index is 0.325. The monoisotopic (exact) mass is 485 g/mol. The van der Waals surface area contributed by atoms with Crippen molar-refractivity contribution in [1.82, 2.24) is 0 Å². The summed E-state index contributed by atoms with van der Waals surface area (Å²) in [6, 6.07) is 6.79. The number of esters is 1. The molecule has 0 saturated carbocycles. The lowest BCUT2D eigenvalue weighted by molar-refractivity contribution is -0.0175. The third kappa shape index (κ3) is 17.1. The first-order chi connectivity index (χ1) is 16.8. The highest BCUT2D eigenvalue weighted by molar-refractivity contribution is 5.89. The van der Waals surface area contributed by atoms with Crippen molar-refractivity contribution in [2.45, 2.75) is 0 Å². The van der Waals surface area contributed by atoms with E-state index in [1.165, 1.54) is 7.11 Å². The van der Waals surface area contributed by atoms with Gasteiger partial charge >= 0.3 is 5.97 Å². The molecule has 0 unspecified atom stereocenters. The van der Waals surface area contributed by atoms with E-state index in [4.69, 9.17) is 38.7 Å². The molecule has 1 aromatic carbocycles. The van der Waals surface area contributed by atoms with Gasteiger partial charge in [0.15, 0.2) is 0 Å². The Hall–Kier alpha value is -2.44. The zero-order valence-corrected chi connectivity index (χ0v) is 19.7. The topological polar surface area (TPSA) is 140 Å². The van der Waals surface area contributed by atoms with Crippen molar-refractivity contribution in [2.75, 3.05) is 99.5 Å². The normalized spacial score (nSPS) is 10.6. The van der Waals surface area contributed by atoms with Crippen molar-refractivity contribution < 1.29 is 42.7 Å². The minimum Gasteiger partial charge on any atom is -0.491 e. The standard InChI is InChI=1S/C22H35N3O9/c1-27-22(26)20-3-2-4-21(19-20)34-18-17-33-16-15-32-14-13-31-12-11-30-10-9-29-8-7-28-6-5-24-25-23/h2-4,19H,5-18H2,1H3. The molecule has 0 radical (unpaired) electrons. The Balaban J connectivity index is 1.77. The molecule has 0 heterocycles. The van der Waals surface area contributed by atoms with Gasteiger partial charge in [-0.3, -0.25) is 0 Å². The second-order valence-corrected chi connectivity index (χ2v) is 6.50. The number of rotatable bonds is 23. The van der Waals surface area contributed by atoms with Crippen molar-refractivity contribution >= 4 is 5.97 Å². The number of ether oxygens (including phenoxy) is 8. The van der Waals surface area contributed by atoms with Gasteiger partial charge in [-0.05, 0) is 23.7 Å². The van der Waals surface area contributed by atoms with E-state index in [1.807, 2.05) is 0 Å². The van der Waals surface area contributed by atoms with Crippen molar-refractivity contribution in [1.29, 1.82) is 0 Å². The third-order valence-electron chi connectivity index (χ3n) is 4.01. The van der Waals surface area contributed by atoms with Gasteiger partial charge in [-0.1, -0.05) is 11.2 Å². The average molecular weight is 486 g/mol. The lowest BCUT2D eigenvalue weighted by atomic mass is 10.2. The van der Waals surface area contributed by atoms with E-state index in [0.29, 0.717) is 104 Å². The fourth-order valence-corrected chi connectivity index (χ4v) is 2.40. The van der Waals surface area contributed by atoms with Crippen LogP contribution >= 0.6 is 0 Å². The summed E-state index contributed by atoms with van der Waals surface area (Å²) >= 11 is 0. The van der Waals surface area contributed by atoms with E-state index >= 15 is 0 Å². The Morgan fingerprint density at radius 1 is 0.765 bits per heavy atom. The molecule has 0 saturated heterocycles. The molecule has 192 valence electrons. The maximum atomic E-state index is 11.5. The van der Waals surface area contributed by atoms with E-state index in [0.717, 1.165) is 0 Å². The van der Waals surface area contributed by atoms with Gasteiger partial charge in [0.25, 0.3) is 0 Å². The number of methoxy groups -OCH3 is 1. The minimum atomic E-state index is -0.403. The average Bonchev–Trinajstić information content (AvgIpc) is 2.86. The molecular weight excluding hydrogens is 450 g/mol. The fraction of sp³-hybridized carbons (Fsp3) is 0.682. The van der Waals surface area contributed by atoms with Gasteiger partial charge in [0.05, 0.1) is 92.0 Å². The van der Waals surface area contributed by atoms with Crippen LogP contribution in [0.15, 0.2) is 29.4 Å². The molecule has 34 heavy (non-hydrogen) atoms. The summed E-state index contributed by atoms with van der Waals surface area (Å²) in [4.78, 5) is 14.1. The Kier molecular flexibility index (Phi) is 19.5. The highest BCUT2D eigenvalue weighted by Crippen LogP contribution is 2.13. The smallest absolute Gasteiger partial charge is 0.337 e. The van der Waals surface area contributed by atoms with Crippen LogP contribution < -0.4 is 4.74 Å². The summed E-state index contributed by atoms with van der Waals surface area (Å²) in [5.41, 5.74) is 8.55. The molecule has 1 aromatic rings. The number of carbonyl (C=O) groups excluding carboxylic acids is 1. The molecule has 1 rings (SSSR count).